The lowest BCUT2D eigenvalue weighted by molar-refractivity contribution is -0.161. The van der Waals surface area contributed by atoms with E-state index in [-0.39, 0.29) is 25.7 Å². The summed E-state index contributed by atoms with van der Waals surface area (Å²) >= 11 is 0. The Labute approximate surface area is 572 Å². The van der Waals surface area contributed by atoms with E-state index in [0.29, 0.717) is 25.7 Å². The summed E-state index contributed by atoms with van der Waals surface area (Å²) in [6, 6.07) is 0. The fraction of sp³-hybridized carbons (Fsp3) is 0.840. The summed E-state index contributed by atoms with van der Waals surface area (Å²) in [7, 11) is -9.93. The summed E-state index contributed by atoms with van der Waals surface area (Å²) in [6.07, 6.45) is 63.9. The second-order valence-corrected chi connectivity index (χ2v) is 28.5. The molecule has 0 aromatic heterocycles. The van der Waals surface area contributed by atoms with Gasteiger partial charge in [0.25, 0.3) is 0 Å². The molecular formula is C75H138O17P2. The maximum Gasteiger partial charge on any atom is 0.472 e. The van der Waals surface area contributed by atoms with Crippen LogP contribution in [0.5, 0.6) is 0 Å². The zero-order valence-corrected chi connectivity index (χ0v) is 61.7. The van der Waals surface area contributed by atoms with Crippen LogP contribution in [0, 0.1) is 0 Å². The number of carbonyl (C=O) groups is 4. The van der Waals surface area contributed by atoms with Crippen molar-refractivity contribution in [2.45, 2.75) is 367 Å². The third kappa shape index (κ3) is 67.6. The lowest BCUT2D eigenvalue weighted by Gasteiger charge is -2.21. The molecule has 19 heteroatoms. The lowest BCUT2D eigenvalue weighted by Crippen LogP contribution is -2.30. The van der Waals surface area contributed by atoms with E-state index in [1.165, 1.54) is 122 Å². The zero-order valence-electron chi connectivity index (χ0n) is 59.9. The molecular weight excluding hydrogens is 1230 g/mol. The predicted molar refractivity (Wildman–Crippen MR) is 381 cm³/mol. The van der Waals surface area contributed by atoms with E-state index < -0.39 is 97.5 Å². The highest BCUT2D eigenvalue weighted by atomic mass is 31.2. The van der Waals surface area contributed by atoms with Gasteiger partial charge in [0.2, 0.25) is 0 Å². The largest absolute Gasteiger partial charge is 0.472 e. The molecule has 5 atom stereocenters. The highest BCUT2D eigenvalue weighted by molar-refractivity contribution is 7.47. The first kappa shape index (κ1) is 91.0. The second kappa shape index (κ2) is 68.5. The van der Waals surface area contributed by atoms with Gasteiger partial charge in [-0.25, -0.2) is 9.13 Å². The van der Waals surface area contributed by atoms with Crippen molar-refractivity contribution < 1.29 is 80.2 Å². The standard InChI is InChI=1S/C75H138O17P2/c1-5-9-13-17-21-25-29-33-34-38-40-44-48-52-56-60-73(78)86-66-71(92-75(80)62-58-54-50-46-42-37-32-28-24-20-16-12-8-4)68-90-94(83,84)88-64-69(76)63-87-93(81,82)89-67-70(91-74(79)61-57-53-49-45-41-36-31-27-23-19-15-11-7-3)65-85-72(77)59-55-51-47-43-39-35-30-26-22-18-14-10-6-2/h16,20,26-28,30-32,69-71,76H,5-15,17-19,21-25,29,33-68H2,1-4H3,(H,81,82)(H,83,84)/b20-16-,30-26-,31-27-,32-28-. The molecule has 3 N–H and O–H groups in total. The van der Waals surface area contributed by atoms with Gasteiger partial charge in [-0.2, -0.15) is 0 Å². The number of allylic oxidation sites excluding steroid dienone is 8. The molecule has 0 heterocycles. The number of hydrogen-bond donors (Lipinski definition) is 3. The van der Waals surface area contributed by atoms with Gasteiger partial charge in [0.05, 0.1) is 26.4 Å². The number of rotatable bonds is 72. The number of carbonyl (C=O) groups excluding carboxylic acids is 4. The molecule has 0 saturated carbocycles. The lowest BCUT2D eigenvalue weighted by atomic mass is 10.0. The van der Waals surface area contributed by atoms with Gasteiger partial charge in [0.15, 0.2) is 12.2 Å². The highest BCUT2D eigenvalue weighted by Gasteiger charge is 2.30. The zero-order chi connectivity index (χ0) is 69.0. The summed E-state index contributed by atoms with van der Waals surface area (Å²) in [5.41, 5.74) is 0. The Kier molecular flexibility index (Phi) is 66.4. The van der Waals surface area contributed by atoms with Gasteiger partial charge in [-0.1, -0.05) is 269 Å². The van der Waals surface area contributed by atoms with Crippen LogP contribution in [0.2, 0.25) is 0 Å². The third-order valence-electron chi connectivity index (χ3n) is 16.2. The molecule has 0 aromatic carbocycles. The first-order valence-corrected chi connectivity index (χ1v) is 40.9. The molecule has 17 nitrogen and oxygen atoms in total. The fourth-order valence-electron chi connectivity index (χ4n) is 10.4. The average Bonchev–Trinajstić information content (AvgIpc) is 1.63. The van der Waals surface area contributed by atoms with Gasteiger partial charge in [-0.05, 0) is 103 Å². The molecule has 0 rings (SSSR count). The van der Waals surface area contributed by atoms with Crippen LogP contribution >= 0.6 is 15.6 Å². The fourth-order valence-corrected chi connectivity index (χ4v) is 12.0. The van der Waals surface area contributed by atoms with Gasteiger partial charge < -0.3 is 33.8 Å². The summed E-state index contributed by atoms with van der Waals surface area (Å²) < 4.78 is 68.4. The van der Waals surface area contributed by atoms with Crippen LogP contribution in [-0.4, -0.2) is 96.7 Å². The van der Waals surface area contributed by atoms with Crippen LogP contribution in [0.3, 0.4) is 0 Å². The molecule has 0 fully saturated rings. The van der Waals surface area contributed by atoms with Gasteiger partial charge in [-0.15, -0.1) is 0 Å². The average molecular weight is 1370 g/mol. The molecule has 0 aromatic rings. The minimum absolute atomic E-state index is 0.0844. The normalized spacial score (nSPS) is 14.2. The summed E-state index contributed by atoms with van der Waals surface area (Å²) in [6.45, 7) is 4.80. The van der Waals surface area contributed by atoms with E-state index in [9.17, 15) is 43.2 Å². The molecule has 0 radical (unpaired) electrons. The van der Waals surface area contributed by atoms with Crippen molar-refractivity contribution in [2.24, 2.45) is 0 Å². The van der Waals surface area contributed by atoms with Crippen LogP contribution in [0.15, 0.2) is 48.6 Å². The van der Waals surface area contributed by atoms with Crippen molar-refractivity contribution in [3.05, 3.63) is 48.6 Å². The van der Waals surface area contributed by atoms with Crippen LogP contribution < -0.4 is 0 Å². The first-order valence-electron chi connectivity index (χ1n) is 37.9. The van der Waals surface area contributed by atoms with E-state index >= 15 is 0 Å². The van der Waals surface area contributed by atoms with Crippen LogP contribution in [0.4, 0.5) is 0 Å². The molecule has 0 bridgehead atoms. The maximum atomic E-state index is 13.1. The van der Waals surface area contributed by atoms with Crippen LogP contribution in [0.1, 0.15) is 349 Å². The summed E-state index contributed by atoms with van der Waals surface area (Å²) in [5, 5.41) is 10.6. The predicted octanol–water partition coefficient (Wildman–Crippen LogP) is 21.3. The number of phosphoric ester groups is 2. The van der Waals surface area contributed by atoms with Crippen molar-refractivity contribution in [3.8, 4) is 0 Å². The SMILES string of the molecule is CCC/C=C\C/C=C\CCCCCCCC(=O)OC(COC(=O)CCCCCCCCCCCCCCCCC)COP(=O)(O)OCC(O)COP(=O)(O)OCC(COC(=O)CCCCCCC/C=C\CCCCCC)OC(=O)CCCCCCC/C=C\CCCCCC. The number of phosphoric acid groups is 2. The minimum Gasteiger partial charge on any atom is -0.462 e. The van der Waals surface area contributed by atoms with Crippen molar-refractivity contribution >= 4 is 39.5 Å². The Morgan fingerprint density at radius 2 is 0.543 bits per heavy atom. The molecule has 0 saturated heterocycles. The number of unbranched alkanes of at least 4 members (excludes halogenated alkanes) is 38. The molecule has 94 heavy (non-hydrogen) atoms. The Balaban J connectivity index is 5.31. The molecule has 5 unspecified atom stereocenters. The first-order chi connectivity index (χ1) is 45.7. The smallest absolute Gasteiger partial charge is 0.462 e. The van der Waals surface area contributed by atoms with Crippen molar-refractivity contribution in [2.75, 3.05) is 39.6 Å². The molecule has 0 spiro atoms. The minimum atomic E-state index is -4.97. The number of hydrogen-bond acceptors (Lipinski definition) is 15. The molecule has 0 aliphatic rings. The highest BCUT2D eigenvalue weighted by Crippen LogP contribution is 2.45. The van der Waals surface area contributed by atoms with Crippen molar-refractivity contribution in [1.82, 2.24) is 0 Å². The summed E-state index contributed by atoms with van der Waals surface area (Å²) in [5.74, 6) is -2.18. The van der Waals surface area contributed by atoms with E-state index in [1.807, 2.05) is 0 Å². The maximum absolute atomic E-state index is 13.1. The topological polar surface area (TPSA) is 237 Å². The third-order valence-corrected chi connectivity index (χ3v) is 18.1. The van der Waals surface area contributed by atoms with Gasteiger partial charge in [0, 0.05) is 25.7 Å². The van der Waals surface area contributed by atoms with Gasteiger partial charge >= 0.3 is 39.5 Å². The van der Waals surface area contributed by atoms with Crippen molar-refractivity contribution in [3.63, 3.8) is 0 Å². The van der Waals surface area contributed by atoms with E-state index in [0.717, 1.165) is 148 Å². The monoisotopic (exact) mass is 1370 g/mol. The quantitative estimate of drug-likeness (QED) is 0.0169. The van der Waals surface area contributed by atoms with Gasteiger partial charge in [-0.3, -0.25) is 37.3 Å². The number of aliphatic hydroxyl groups excluding tert-OH is 1. The van der Waals surface area contributed by atoms with Crippen molar-refractivity contribution in [1.29, 1.82) is 0 Å². The van der Waals surface area contributed by atoms with Crippen LogP contribution in [-0.2, 0) is 65.4 Å². The molecule has 0 amide bonds. The number of aliphatic hydroxyl groups is 1. The second-order valence-electron chi connectivity index (χ2n) is 25.6. The Hall–Kier alpha value is -2.98. The number of ether oxygens (including phenoxy) is 4. The Morgan fingerprint density at radius 1 is 0.298 bits per heavy atom. The molecule has 0 aliphatic heterocycles. The van der Waals surface area contributed by atoms with E-state index in [2.05, 4.69) is 76.3 Å². The van der Waals surface area contributed by atoms with E-state index in [4.69, 9.17) is 37.0 Å². The summed E-state index contributed by atoms with van der Waals surface area (Å²) in [4.78, 5) is 72.7. The van der Waals surface area contributed by atoms with Crippen LogP contribution in [0.25, 0.3) is 0 Å². The Morgan fingerprint density at radius 3 is 0.851 bits per heavy atom. The Bertz CT molecular complexity index is 1980. The number of esters is 4. The molecule has 550 valence electrons. The molecule has 0 aliphatic carbocycles. The van der Waals surface area contributed by atoms with E-state index in [1.54, 1.807) is 0 Å². The van der Waals surface area contributed by atoms with Gasteiger partial charge in [0.1, 0.15) is 19.3 Å².